The Morgan fingerprint density at radius 3 is 2.46 bits per heavy atom. The minimum absolute atomic E-state index is 0.175. The van der Waals surface area contributed by atoms with Crippen molar-refractivity contribution in [3.63, 3.8) is 0 Å². The first-order valence-electron chi connectivity index (χ1n) is 7.74. The Hall–Kier alpha value is -2.57. The molecule has 0 amide bonds. The van der Waals surface area contributed by atoms with Crippen LogP contribution in [0.1, 0.15) is 12.8 Å². The summed E-state index contributed by atoms with van der Waals surface area (Å²) in [5.74, 6) is -2.43. The van der Waals surface area contributed by atoms with E-state index >= 15 is 0 Å². The van der Waals surface area contributed by atoms with E-state index in [2.05, 4.69) is 15.0 Å². The number of aromatic amines is 1. The molecular weight excluding hydrogens is 317 g/mol. The predicted octanol–water partition coefficient (Wildman–Crippen LogP) is 4.00. The third-order valence-electron chi connectivity index (χ3n) is 4.31. The summed E-state index contributed by atoms with van der Waals surface area (Å²) in [5.41, 5.74) is 2.25. The van der Waals surface area contributed by atoms with Crippen molar-refractivity contribution in [2.45, 2.75) is 18.8 Å². The molecule has 2 aromatic heterocycles. The Bertz CT molecular complexity index is 863. The molecule has 3 heterocycles. The molecule has 3 aromatic rings. The van der Waals surface area contributed by atoms with Crippen molar-refractivity contribution in [1.29, 1.82) is 0 Å². The Labute approximate surface area is 136 Å². The van der Waals surface area contributed by atoms with Crippen LogP contribution in [0.15, 0.2) is 36.7 Å². The van der Waals surface area contributed by atoms with Gasteiger partial charge in [0.15, 0.2) is 0 Å². The topological polar surface area (TPSA) is 44.8 Å². The Morgan fingerprint density at radius 1 is 1.04 bits per heavy atom. The molecule has 1 fully saturated rings. The molecule has 24 heavy (non-hydrogen) atoms. The van der Waals surface area contributed by atoms with Crippen LogP contribution in [0.25, 0.3) is 22.2 Å². The van der Waals surface area contributed by atoms with Crippen molar-refractivity contribution >= 4 is 16.9 Å². The van der Waals surface area contributed by atoms with Crippen molar-refractivity contribution in [3.8, 4) is 11.3 Å². The van der Waals surface area contributed by atoms with Crippen LogP contribution in [0.4, 0.5) is 19.1 Å². The van der Waals surface area contributed by atoms with Crippen LogP contribution in [0.3, 0.4) is 0 Å². The SMILES string of the molecule is Fc1ccc2cc(-c3cnc(N4CCC(F)(F)CC4)nc3)[nH]c2c1. The number of piperidine rings is 1. The third kappa shape index (κ3) is 2.81. The van der Waals surface area contributed by atoms with Gasteiger partial charge in [-0.3, -0.25) is 0 Å². The second kappa shape index (κ2) is 5.51. The van der Waals surface area contributed by atoms with Crippen molar-refractivity contribution in [2.24, 2.45) is 0 Å². The van der Waals surface area contributed by atoms with Gasteiger partial charge in [0.1, 0.15) is 5.82 Å². The normalized spacial score (nSPS) is 17.4. The average molecular weight is 332 g/mol. The van der Waals surface area contributed by atoms with Crippen LogP contribution in [-0.2, 0) is 0 Å². The number of H-pyrrole nitrogens is 1. The smallest absolute Gasteiger partial charge is 0.251 e. The Morgan fingerprint density at radius 2 is 1.75 bits per heavy atom. The first-order valence-corrected chi connectivity index (χ1v) is 7.74. The average Bonchev–Trinajstić information content (AvgIpc) is 2.98. The first-order chi connectivity index (χ1) is 11.5. The highest BCUT2D eigenvalue weighted by Gasteiger charge is 2.34. The van der Waals surface area contributed by atoms with E-state index in [-0.39, 0.29) is 31.7 Å². The highest BCUT2D eigenvalue weighted by molar-refractivity contribution is 5.85. The van der Waals surface area contributed by atoms with Crippen LogP contribution in [0.5, 0.6) is 0 Å². The summed E-state index contributed by atoms with van der Waals surface area (Å²) in [7, 11) is 0. The highest BCUT2D eigenvalue weighted by Crippen LogP contribution is 2.30. The molecule has 7 heteroatoms. The fourth-order valence-electron chi connectivity index (χ4n) is 2.91. The van der Waals surface area contributed by atoms with Crippen molar-refractivity contribution in [2.75, 3.05) is 18.0 Å². The van der Waals surface area contributed by atoms with Crippen LogP contribution < -0.4 is 4.90 Å². The zero-order valence-electron chi connectivity index (χ0n) is 12.8. The number of benzene rings is 1. The molecule has 4 rings (SSSR count). The van der Waals surface area contributed by atoms with Gasteiger partial charge in [0.05, 0.1) is 0 Å². The van der Waals surface area contributed by atoms with Gasteiger partial charge >= 0.3 is 0 Å². The van der Waals surface area contributed by atoms with Gasteiger partial charge < -0.3 is 9.88 Å². The molecule has 4 nitrogen and oxygen atoms in total. The molecule has 1 aliphatic rings. The number of halogens is 3. The number of rotatable bonds is 2. The van der Waals surface area contributed by atoms with Crippen molar-refractivity contribution < 1.29 is 13.2 Å². The molecule has 1 aliphatic heterocycles. The minimum Gasteiger partial charge on any atom is -0.354 e. The summed E-state index contributed by atoms with van der Waals surface area (Å²) in [6.45, 7) is 0.496. The molecule has 0 aliphatic carbocycles. The van der Waals surface area contributed by atoms with Gasteiger partial charge in [-0.15, -0.1) is 0 Å². The number of nitrogens with one attached hydrogen (secondary N) is 1. The maximum Gasteiger partial charge on any atom is 0.251 e. The number of aromatic nitrogens is 3. The summed E-state index contributed by atoms with van der Waals surface area (Å²) >= 11 is 0. The zero-order valence-corrected chi connectivity index (χ0v) is 12.8. The number of alkyl halides is 2. The molecule has 0 spiro atoms. The number of anilines is 1. The predicted molar refractivity (Wildman–Crippen MR) is 85.7 cm³/mol. The summed E-state index contributed by atoms with van der Waals surface area (Å²) in [4.78, 5) is 13.5. The van der Waals surface area contributed by atoms with Crippen molar-refractivity contribution in [3.05, 3.63) is 42.5 Å². The van der Waals surface area contributed by atoms with Crippen LogP contribution >= 0.6 is 0 Å². The quantitative estimate of drug-likeness (QED) is 0.771. The van der Waals surface area contributed by atoms with Gasteiger partial charge in [0.2, 0.25) is 5.95 Å². The number of nitrogens with zero attached hydrogens (tertiary/aromatic N) is 3. The number of fused-ring (bicyclic) bond motifs is 1. The van der Waals surface area contributed by atoms with E-state index in [0.717, 1.165) is 16.6 Å². The van der Waals surface area contributed by atoms with E-state index in [1.54, 1.807) is 23.4 Å². The van der Waals surface area contributed by atoms with E-state index < -0.39 is 5.92 Å². The van der Waals surface area contributed by atoms with E-state index in [4.69, 9.17) is 0 Å². The monoisotopic (exact) mass is 332 g/mol. The fourth-order valence-corrected chi connectivity index (χ4v) is 2.91. The molecule has 0 radical (unpaired) electrons. The lowest BCUT2D eigenvalue weighted by atomic mass is 10.1. The summed E-state index contributed by atoms with van der Waals surface area (Å²) in [6.07, 6.45) is 2.95. The van der Waals surface area contributed by atoms with Gasteiger partial charge in [-0.1, -0.05) is 0 Å². The van der Waals surface area contributed by atoms with Gasteiger partial charge in [0, 0.05) is 60.5 Å². The molecule has 0 bridgehead atoms. The second-order valence-electron chi connectivity index (χ2n) is 6.03. The summed E-state index contributed by atoms with van der Waals surface area (Å²) < 4.78 is 39.7. The maximum atomic E-state index is 13.3. The maximum absolute atomic E-state index is 13.3. The van der Waals surface area contributed by atoms with E-state index in [0.29, 0.717) is 11.5 Å². The van der Waals surface area contributed by atoms with E-state index in [1.807, 2.05) is 6.07 Å². The molecule has 1 N–H and O–H groups in total. The lowest BCUT2D eigenvalue weighted by Gasteiger charge is -2.31. The van der Waals surface area contributed by atoms with E-state index in [9.17, 15) is 13.2 Å². The van der Waals surface area contributed by atoms with Crippen LogP contribution in [-0.4, -0.2) is 34.0 Å². The van der Waals surface area contributed by atoms with Crippen molar-refractivity contribution in [1.82, 2.24) is 15.0 Å². The van der Waals surface area contributed by atoms with Gasteiger partial charge in [-0.2, -0.15) is 0 Å². The molecule has 1 saturated heterocycles. The molecule has 1 aromatic carbocycles. The first kappa shape index (κ1) is 15.0. The zero-order chi connectivity index (χ0) is 16.7. The van der Waals surface area contributed by atoms with Crippen LogP contribution in [0.2, 0.25) is 0 Å². The lowest BCUT2D eigenvalue weighted by molar-refractivity contribution is -0.0222. The second-order valence-corrected chi connectivity index (χ2v) is 6.03. The number of hydrogen-bond donors (Lipinski definition) is 1. The molecule has 0 atom stereocenters. The fraction of sp³-hybridized carbons (Fsp3) is 0.294. The summed E-state index contributed by atoms with van der Waals surface area (Å²) in [6, 6.07) is 6.44. The lowest BCUT2D eigenvalue weighted by Crippen LogP contribution is -2.40. The Balaban J connectivity index is 1.56. The Kier molecular flexibility index (Phi) is 3.44. The highest BCUT2D eigenvalue weighted by atomic mass is 19.3. The third-order valence-corrected chi connectivity index (χ3v) is 4.31. The van der Waals surface area contributed by atoms with Gasteiger partial charge in [-0.05, 0) is 24.3 Å². The van der Waals surface area contributed by atoms with Crippen LogP contribution in [0, 0.1) is 5.82 Å². The molecule has 0 unspecified atom stereocenters. The van der Waals surface area contributed by atoms with Gasteiger partial charge in [-0.25, -0.2) is 23.1 Å². The molecular formula is C17H15F3N4. The molecule has 0 saturated carbocycles. The minimum atomic E-state index is -2.59. The largest absolute Gasteiger partial charge is 0.354 e. The number of hydrogen-bond acceptors (Lipinski definition) is 3. The van der Waals surface area contributed by atoms with Gasteiger partial charge in [0.25, 0.3) is 5.92 Å². The standard InChI is InChI=1S/C17H15F3N4/c18-13-2-1-11-7-14(23-15(11)8-13)12-9-21-16(22-10-12)24-5-3-17(19,20)4-6-24/h1-2,7-10,23H,3-6H2. The molecule has 124 valence electrons. The summed E-state index contributed by atoms with van der Waals surface area (Å²) in [5, 5.41) is 0.897. The van der Waals surface area contributed by atoms with E-state index in [1.165, 1.54) is 12.1 Å².